The van der Waals surface area contributed by atoms with Crippen molar-refractivity contribution in [2.24, 2.45) is 0 Å². The van der Waals surface area contributed by atoms with E-state index in [-0.39, 0.29) is 12.0 Å². The number of carbonyl (C=O) groups excluding carboxylic acids is 1. The van der Waals surface area contributed by atoms with Crippen molar-refractivity contribution in [2.45, 2.75) is 57.1 Å². The van der Waals surface area contributed by atoms with Gasteiger partial charge in [0.1, 0.15) is 5.82 Å². The highest BCUT2D eigenvalue weighted by molar-refractivity contribution is 5.76. The smallest absolute Gasteiger partial charge is 0.225 e. The molecule has 3 N–H and O–H groups in total. The highest BCUT2D eigenvalue weighted by Gasteiger charge is 2.24. The molecule has 24 heavy (non-hydrogen) atoms. The Labute approximate surface area is 143 Å². The Kier molecular flexibility index (Phi) is 5.91. The molecule has 6 heteroatoms. The maximum Gasteiger partial charge on any atom is 0.225 e. The minimum atomic E-state index is 0.129. The van der Waals surface area contributed by atoms with Crippen molar-refractivity contribution < 1.29 is 9.53 Å². The summed E-state index contributed by atoms with van der Waals surface area (Å²) in [6.45, 7) is 2.47. The van der Waals surface area contributed by atoms with Gasteiger partial charge < -0.3 is 20.7 Å². The molecule has 2 saturated heterocycles. The number of hydrogen-bond acceptors (Lipinski definition) is 5. The monoisotopic (exact) mass is 332 g/mol. The van der Waals surface area contributed by atoms with Gasteiger partial charge in [-0.1, -0.05) is 0 Å². The summed E-state index contributed by atoms with van der Waals surface area (Å²) < 4.78 is 5.70. The van der Waals surface area contributed by atoms with Gasteiger partial charge in [0.05, 0.1) is 24.4 Å². The number of rotatable bonds is 4. The van der Waals surface area contributed by atoms with Gasteiger partial charge in [-0.25, -0.2) is 4.98 Å². The lowest BCUT2D eigenvalue weighted by atomic mass is 10.1. The van der Waals surface area contributed by atoms with E-state index in [0.29, 0.717) is 18.3 Å². The van der Waals surface area contributed by atoms with Crippen LogP contribution in [0.4, 0.5) is 11.5 Å². The number of hydrogen-bond donors (Lipinski definition) is 2. The van der Waals surface area contributed by atoms with Gasteiger partial charge in [0.15, 0.2) is 0 Å². The molecule has 1 aromatic heterocycles. The van der Waals surface area contributed by atoms with E-state index in [1.165, 1.54) is 6.42 Å². The SMILES string of the molecule is Nc1ccc(N[C@@H]2CCCN(C(=O)C[C@H]3CCCCO3)CC2)cn1. The van der Waals surface area contributed by atoms with E-state index in [1.807, 2.05) is 11.0 Å². The predicted molar refractivity (Wildman–Crippen MR) is 94.7 cm³/mol. The molecule has 2 fully saturated rings. The third kappa shape index (κ3) is 4.84. The van der Waals surface area contributed by atoms with Gasteiger partial charge in [0.25, 0.3) is 0 Å². The van der Waals surface area contributed by atoms with Crippen molar-refractivity contribution in [3.05, 3.63) is 18.3 Å². The van der Waals surface area contributed by atoms with E-state index in [2.05, 4.69) is 10.3 Å². The average Bonchev–Trinajstić information content (AvgIpc) is 2.83. The summed E-state index contributed by atoms with van der Waals surface area (Å²) in [5.41, 5.74) is 6.61. The molecule has 0 unspecified atom stereocenters. The van der Waals surface area contributed by atoms with Gasteiger partial charge in [0, 0.05) is 25.7 Å². The first-order valence-corrected chi connectivity index (χ1v) is 9.08. The van der Waals surface area contributed by atoms with E-state index in [0.717, 1.165) is 57.5 Å². The average molecular weight is 332 g/mol. The summed E-state index contributed by atoms with van der Waals surface area (Å²) in [5.74, 6) is 0.778. The number of nitrogens with zero attached hydrogens (tertiary/aromatic N) is 2. The van der Waals surface area contributed by atoms with Crippen LogP contribution in [0.1, 0.15) is 44.9 Å². The largest absolute Gasteiger partial charge is 0.384 e. The number of nitrogens with one attached hydrogen (secondary N) is 1. The predicted octanol–water partition coefficient (Wildman–Crippen LogP) is 2.42. The Balaban J connectivity index is 1.47. The molecule has 0 radical (unpaired) electrons. The van der Waals surface area contributed by atoms with Gasteiger partial charge in [-0.05, 0) is 50.7 Å². The van der Waals surface area contributed by atoms with E-state index in [4.69, 9.17) is 10.5 Å². The minimum absolute atomic E-state index is 0.129. The zero-order valence-corrected chi connectivity index (χ0v) is 14.2. The second kappa shape index (κ2) is 8.33. The molecule has 0 bridgehead atoms. The fraction of sp³-hybridized carbons (Fsp3) is 0.667. The van der Waals surface area contributed by atoms with Crippen LogP contribution in [-0.4, -0.2) is 47.6 Å². The van der Waals surface area contributed by atoms with E-state index in [1.54, 1.807) is 12.3 Å². The van der Waals surface area contributed by atoms with Crippen LogP contribution in [0, 0.1) is 0 Å². The topological polar surface area (TPSA) is 80.5 Å². The highest BCUT2D eigenvalue weighted by atomic mass is 16.5. The Bertz CT molecular complexity index is 528. The van der Waals surface area contributed by atoms with Crippen LogP contribution in [0.15, 0.2) is 18.3 Å². The van der Waals surface area contributed by atoms with Crippen LogP contribution in [0.25, 0.3) is 0 Å². The molecule has 2 atom stereocenters. The lowest BCUT2D eigenvalue weighted by Crippen LogP contribution is -2.36. The summed E-state index contributed by atoms with van der Waals surface area (Å²) in [6.07, 6.45) is 8.82. The van der Waals surface area contributed by atoms with E-state index < -0.39 is 0 Å². The van der Waals surface area contributed by atoms with Crippen molar-refractivity contribution in [2.75, 3.05) is 30.7 Å². The molecule has 3 heterocycles. The Morgan fingerprint density at radius 1 is 1.25 bits per heavy atom. The summed E-state index contributed by atoms with van der Waals surface area (Å²) >= 11 is 0. The number of likely N-dealkylation sites (tertiary alicyclic amines) is 1. The van der Waals surface area contributed by atoms with Gasteiger partial charge in [-0.2, -0.15) is 0 Å². The van der Waals surface area contributed by atoms with Crippen LogP contribution < -0.4 is 11.1 Å². The van der Waals surface area contributed by atoms with Gasteiger partial charge in [-0.3, -0.25) is 4.79 Å². The molecule has 0 aromatic carbocycles. The molecule has 132 valence electrons. The van der Waals surface area contributed by atoms with Crippen LogP contribution in [0.2, 0.25) is 0 Å². The Hall–Kier alpha value is -1.82. The number of aromatic nitrogens is 1. The summed E-state index contributed by atoms with van der Waals surface area (Å²) in [4.78, 5) is 18.7. The molecule has 0 spiro atoms. The van der Waals surface area contributed by atoms with Crippen molar-refractivity contribution in [1.29, 1.82) is 0 Å². The van der Waals surface area contributed by atoms with Crippen molar-refractivity contribution in [3.63, 3.8) is 0 Å². The number of nitrogens with two attached hydrogens (primary N) is 1. The number of amides is 1. The molecule has 0 saturated carbocycles. The van der Waals surface area contributed by atoms with Crippen molar-refractivity contribution in [3.8, 4) is 0 Å². The van der Waals surface area contributed by atoms with Gasteiger partial charge >= 0.3 is 0 Å². The number of anilines is 2. The normalized spacial score (nSPS) is 25.1. The van der Waals surface area contributed by atoms with Crippen LogP contribution >= 0.6 is 0 Å². The van der Waals surface area contributed by atoms with E-state index in [9.17, 15) is 4.79 Å². The van der Waals surface area contributed by atoms with Gasteiger partial charge in [-0.15, -0.1) is 0 Å². The molecule has 2 aliphatic heterocycles. The first kappa shape index (κ1) is 17.0. The lowest BCUT2D eigenvalue weighted by molar-refractivity contribution is -0.135. The standard InChI is InChI=1S/C18H28N4O2/c19-17-7-6-15(13-20-17)21-14-4-3-9-22(10-8-14)18(23)12-16-5-1-2-11-24-16/h6-7,13-14,16,21H,1-5,8-12H2,(H2,19,20)/t14-,16-/m1/s1. The number of nitrogen functional groups attached to an aromatic ring is 1. The fourth-order valence-corrected chi connectivity index (χ4v) is 3.51. The molecular formula is C18H28N4O2. The van der Waals surface area contributed by atoms with Crippen LogP contribution in [0.5, 0.6) is 0 Å². The fourth-order valence-electron chi connectivity index (χ4n) is 3.51. The molecule has 0 aliphatic carbocycles. The zero-order chi connectivity index (χ0) is 16.8. The molecule has 1 amide bonds. The second-order valence-corrected chi connectivity index (χ2v) is 6.82. The zero-order valence-electron chi connectivity index (χ0n) is 14.2. The number of carbonyl (C=O) groups is 1. The molecular weight excluding hydrogens is 304 g/mol. The molecule has 6 nitrogen and oxygen atoms in total. The number of ether oxygens (including phenoxy) is 1. The second-order valence-electron chi connectivity index (χ2n) is 6.82. The van der Waals surface area contributed by atoms with Crippen molar-refractivity contribution >= 4 is 17.4 Å². The number of pyridine rings is 1. The maximum absolute atomic E-state index is 12.5. The third-order valence-electron chi connectivity index (χ3n) is 4.91. The first-order valence-electron chi connectivity index (χ1n) is 9.08. The summed E-state index contributed by atoms with van der Waals surface area (Å²) in [7, 11) is 0. The summed E-state index contributed by atoms with van der Waals surface area (Å²) in [6, 6.07) is 4.13. The molecule has 2 aliphatic rings. The van der Waals surface area contributed by atoms with Crippen LogP contribution in [-0.2, 0) is 9.53 Å². The molecule has 1 aromatic rings. The summed E-state index contributed by atoms with van der Waals surface area (Å²) in [5, 5.41) is 3.51. The van der Waals surface area contributed by atoms with Gasteiger partial charge in [0.2, 0.25) is 5.91 Å². The van der Waals surface area contributed by atoms with Crippen LogP contribution in [0.3, 0.4) is 0 Å². The minimum Gasteiger partial charge on any atom is -0.384 e. The van der Waals surface area contributed by atoms with Crippen molar-refractivity contribution in [1.82, 2.24) is 9.88 Å². The molecule has 3 rings (SSSR count). The lowest BCUT2D eigenvalue weighted by Gasteiger charge is -2.26. The first-order chi connectivity index (χ1) is 11.7. The Morgan fingerprint density at radius 2 is 2.17 bits per heavy atom. The third-order valence-corrected chi connectivity index (χ3v) is 4.91. The maximum atomic E-state index is 12.5. The van der Waals surface area contributed by atoms with E-state index >= 15 is 0 Å². The highest BCUT2D eigenvalue weighted by Crippen LogP contribution is 2.20. The quantitative estimate of drug-likeness (QED) is 0.885. The Morgan fingerprint density at radius 3 is 2.92 bits per heavy atom.